The zero-order chi connectivity index (χ0) is 14.1. The van der Waals surface area contributed by atoms with Gasteiger partial charge in [-0.25, -0.2) is 0 Å². The lowest BCUT2D eigenvalue weighted by Gasteiger charge is -2.10. The summed E-state index contributed by atoms with van der Waals surface area (Å²) >= 11 is 0. The van der Waals surface area contributed by atoms with E-state index in [4.69, 9.17) is 4.74 Å². The minimum absolute atomic E-state index is 0.0767. The summed E-state index contributed by atoms with van der Waals surface area (Å²) in [6.45, 7) is 6.15. The zero-order valence-electron chi connectivity index (χ0n) is 12.2. The molecule has 1 rings (SSSR count). The van der Waals surface area contributed by atoms with E-state index in [0.29, 0.717) is 0 Å². The van der Waals surface area contributed by atoms with Gasteiger partial charge in [0.1, 0.15) is 5.75 Å². The maximum absolute atomic E-state index is 11.4. The highest BCUT2D eigenvalue weighted by Gasteiger charge is 2.04. The molecule has 3 heteroatoms. The Bertz CT molecular complexity index is 371. The number of hydrogen-bond acceptors (Lipinski definition) is 2. The fourth-order valence-corrected chi connectivity index (χ4v) is 1.84. The Morgan fingerprint density at radius 1 is 1.21 bits per heavy atom. The highest BCUT2D eigenvalue weighted by Crippen LogP contribution is 2.14. The molecule has 0 radical (unpaired) electrons. The first-order chi connectivity index (χ1) is 9.11. The third-order valence-electron chi connectivity index (χ3n) is 2.81. The predicted octanol–water partition coefficient (Wildman–Crippen LogP) is 3.32. The molecule has 1 aromatic carbocycles. The predicted molar refractivity (Wildman–Crippen MR) is 78.4 cm³/mol. The molecule has 1 amide bonds. The Balaban J connectivity index is 2.33. The molecule has 0 unspecified atom stereocenters. The molecule has 1 aromatic rings. The van der Waals surface area contributed by atoms with Crippen LogP contribution >= 0.6 is 0 Å². The van der Waals surface area contributed by atoms with Crippen molar-refractivity contribution >= 4 is 5.91 Å². The van der Waals surface area contributed by atoms with Crippen molar-refractivity contribution in [3.63, 3.8) is 0 Å². The second-order valence-corrected chi connectivity index (χ2v) is 5.11. The van der Waals surface area contributed by atoms with Gasteiger partial charge in [-0.3, -0.25) is 4.79 Å². The van der Waals surface area contributed by atoms with Crippen LogP contribution in [0.3, 0.4) is 0 Å². The number of rotatable bonds is 8. The first kappa shape index (κ1) is 15.5. The van der Waals surface area contributed by atoms with Crippen LogP contribution in [0.15, 0.2) is 24.3 Å². The average Bonchev–Trinajstić information content (AvgIpc) is 2.37. The van der Waals surface area contributed by atoms with E-state index in [1.165, 1.54) is 24.8 Å². The largest absolute Gasteiger partial charge is 0.484 e. The first-order valence-corrected chi connectivity index (χ1v) is 7.13. The summed E-state index contributed by atoms with van der Waals surface area (Å²) in [7, 11) is 0. The number of carbonyl (C=O) groups is 1. The smallest absolute Gasteiger partial charge is 0.258 e. The Morgan fingerprint density at radius 3 is 2.47 bits per heavy atom. The number of nitrogens with one attached hydrogen (secondary N) is 1. The number of benzene rings is 1. The number of hydrogen-bond donors (Lipinski definition) is 1. The molecule has 0 aliphatic heterocycles. The normalized spacial score (nSPS) is 10.5. The van der Waals surface area contributed by atoms with E-state index in [1.54, 1.807) is 0 Å². The van der Waals surface area contributed by atoms with E-state index in [2.05, 4.69) is 24.4 Å². The van der Waals surface area contributed by atoms with Crippen LogP contribution in [0.5, 0.6) is 5.75 Å². The Kier molecular flexibility index (Phi) is 7.01. The van der Waals surface area contributed by atoms with Gasteiger partial charge in [0.2, 0.25) is 0 Å². The van der Waals surface area contributed by atoms with E-state index in [0.717, 1.165) is 12.2 Å². The van der Waals surface area contributed by atoms with Gasteiger partial charge in [-0.15, -0.1) is 0 Å². The number of carbonyl (C=O) groups excluding carboxylic acids is 1. The first-order valence-electron chi connectivity index (χ1n) is 7.13. The fourth-order valence-electron chi connectivity index (χ4n) is 1.84. The number of ether oxygens (including phenoxy) is 1. The maximum Gasteiger partial charge on any atom is 0.258 e. The summed E-state index contributed by atoms with van der Waals surface area (Å²) in [5.41, 5.74) is 1.33. The van der Waals surface area contributed by atoms with Crippen molar-refractivity contribution in [2.75, 3.05) is 6.61 Å². The molecule has 0 atom stereocenters. The molecule has 106 valence electrons. The van der Waals surface area contributed by atoms with Crippen LogP contribution in [-0.4, -0.2) is 18.6 Å². The van der Waals surface area contributed by atoms with Crippen molar-refractivity contribution in [3.8, 4) is 5.75 Å². The standard InChI is InChI=1S/C16H25NO2/c1-4-5-6-7-14-8-10-15(11-9-14)19-12-16(18)17-13(2)3/h8-11,13H,4-7,12H2,1-3H3,(H,17,18). The maximum atomic E-state index is 11.4. The summed E-state index contributed by atoms with van der Waals surface area (Å²) in [5.74, 6) is 0.667. The lowest BCUT2D eigenvalue weighted by molar-refractivity contribution is -0.123. The number of unbranched alkanes of at least 4 members (excludes halogenated alkanes) is 2. The van der Waals surface area contributed by atoms with Crippen LogP contribution in [0.4, 0.5) is 0 Å². The van der Waals surface area contributed by atoms with Crippen LogP contribution in [0, 0.1) is 0 Å². The van der Waals surface area contributed by atoms with Crippen molar-refractivity contribution < 1.29 is 9.53 Å². The lowest BCUT2D eigenvalue weighted by Crippen LogP contribution is -2.34. The van der Waals surface area contributed by atoms with Crippen LogP contribution in [0.25, 0.3) is 0 Å². The Morgan fingerprint density at radius 2 is 1.89 bits per heavy atom. The quantitative estimate of drug-likeness (QED) is 0.731. The van der Waals surface area contributed by atoms with Gasteiger partial charge in [0.25, 0.3) is 5.91 Å². The highest BCUT2D eigenvalue weighted by molar-refractivity contribution is 5.77. The second-order valence-electron chi connectivity index (χ2n) is 5.11. The molecule has 0 bridgehead atoms. The SMILES string of the molecule is CCCCCc1ccc(OCC(=O)NC(C)C)cc1. The van der Waals surface area contributed by atoms with E-state index >= 15 is 0 Å². The molecule has 0 spiro atoms. The molecule has 0 aliphatic rings. The molecule has 19 heavy (non-hydrogen) atoms. The highest BCUT2D eigenvalue weighted by atomic mass is 16.5. The summed E-state index contributed by atoms with van der Waals surface area (Å²) in [5, 5.41) is 2.79. The van der Waals surface area contributed by atoms with Crippen molar-refractivity contribution in [1.82, 2.24) is 5.32 Å². The van der Waals surface area contributed by atoms with Gasteiger partial charge >= 0.3 is 0 Å². The fraction of sp³-hybridized carbons (Fsp3) is 0.562. The molecule has 0 aliphatic carbocycles. The third-order valence-corrected chi connectivity index (χ3v) is 2.81. The average molecular weight is 263 g/mol. The monoisotopic (exact) mass is 263 g/mol. The Hall–Kier alpha value is -1.51. The van der Waals surface area contributed by atoms with E-state index in [-0.39, 0.29) is 18.6 Å². The van der Waals surface area contributed by atoms with Gasteiger partial charge in [-0.05, 0) is 44.4 Å². The summed E-state index contributed by atoms with van der Waals surface area (Å²) in [4.78, 5) is 11.4. The molecule has 0 heterocycles. The molecule has 1 N–H and O–H groups in total. The van der Waals surface area contributed by atoms with Gasteiger partial charge in [0.05, 0.1) is 0 Å². The van der Waals surface area contributed by atoms with Crippen LogP contribution in [0.2, 0.25) is 0 Å². The molecular weight excluding hydrogens is 238 g/mol. The van der Waals surface area contributed by atoms with Crippen molar-refractivity contribution in [3.05, 3.63) is 29.8 Å². The van der Waals surface area contributed by atoms with Crippen molar-refractivity contribution in [2.45, 2.75) is 52.5 Å². The van der Waals surface area contributed by atoms with E-state index in [1.807, 2.05) is 26.0 Å². The van der Waals surface area contributed by atoms with Gasteiger partial charge < -0.3 is 10.1 Å². The number of aryl methyl sites for hydroxylation is 1. The van der Waals surface area contributed by atoms with E-state index < -0.39 is 0 Å². The molecule has 0 saturated carbocycles. The summed E-state index contributed by atoms with van der Waals surface area (Å²) < 4.78 is 5.44. The minimum atomic E-state index is -0.0815. The molecular formula is C16H25NO2. The Labute approximate surface area is 116 Å². The van der Waals surface area contributed by atoms with Crippen LogP contribution < -0.4 is 10.1 Å². The topological polar surface area (TPSA) is 38.3 Å². The molecule has 0 fully saturated rings. The lowest BCUT2D eigenvalue weighted by atomic mass is 10.1. The van der Waals surface area contributed by atoms with Gasteiger partial charge in [0, 0.05) is 6.04 Å². The van der Waals surface area contributed by atoms with Crippen molar-refractivity contribution in [2.24, 2.45) is 0 Å². The van der Waals surface area contributed by atoms with Crippen LogP contribution in [0.1, 0.15) is 45.6 Å². The summed E-state index contributed by atoms with van der Waals surface area (Å²) in [6.07, 6.45) is 4.86. The molecule has 0 saturated heterocycles. The number of amides is 1. The zero-order valence-corrected chi connectivity index (χ0v) is 12.2. The van der Waals surface area contributed by atoms with Crippen LogP contribution in [-0.2, 0) is 11.2 Å². The van der Waals surface area contributed by atoms with Gasteiger partial charge in [-0.1, -0.05) is 31.9 Å². The second kappa shape index (κ2) is 8.57. The van der Waals surface area contributed by atoms with Crippen molar-refractivity contribution in [1.29, 1.82) is 0 Å². The molecule has 3 nitrogen and oxygen atoms in total. The molecule has 0 aromatic heterocycles. The van der Waals surface area contributed by atoms with Gasteiger partial charge in [-0.2, -0.15) is 0 Å². The summed E-state index contributed by atoms with van der Waals surface area (Å²) in [6, 6.07) is 8.17. The van der Waals surface area contributed by atoms with Gasteiger partial charge in [0.15, 0.2) is 6.61 Å². The minimum Gasteiger partial charge on any atom is -0.484 e. The third kappa shape index (κ3) is 6.85. The van der Waals surface area contributed by atoms with E-state index in [9.17, 15) is 4.79 Å².